The van der Waals surface area contributed by atoms with Gasteiger partial charge in [0, 0.05) is 12.6 Å². The first kappa shape index (κ1) is 14.7. The minimum Gasteiger partial charge on any atom is -0.477 e. The van der Waals surface area contributed by atoms with Crippen LogP contribution in [0.3, 0.4) is 0 Å². The molecule has 0 radical (unpaired) electrons. The first-order valence-electron chi connectivity index (χ1n) is 6.50. The predicted molar refractivity (Wildman–Crippen MR) is 81.9 cm³/mol. The minimum absolute atomic E-state index is 0.0565. The number of carbonyl (C=O) groups is 1. The van der Waals surface area contributed by atoms with E-state index in [-0.39, 0.29) is 5.54 Å². The van der Waals surface area contributed by atoms with Crippen molar-refractivity contribution in [2.24, 2.45) is 0 Å². The molecule has 0 aliphatic rings. The van der Waals surface area contributed by atoms with Crippen LogP contribution < -0.4 is 4.90 Å². The van der Waals surface area contributed by atoms with E-state index < -0.39 is 5.97 Å². The van der Waals surface area contributed by atoms with Crippen molar-refractivity contribution in [3.8, 4) is 0 Å². The fourth-order valence-electron chi connectivity index (χ4n) is 2.04. The molecule has 20 heavy (non-hydrogen) atoms. The zero-order valence-corrected chi connectivity index (χ0v) is 13.2. The van der Waals surface area contributed by atoms with Gasteiger partial charge < -0.3 is 10.0 Å². The summed E-state index contributed by atoms with van der Waals surface area (Å²) in [6.07, 6.45) is 2.46. The lowest BCUT2D eigenvalue weighted by Crippen LogP contribution is -2.41. The summed E-state index contributed by atoms with van der Waals surface area (Å²) in [7, 11) is 1.99. The Morgan fingerprint density at radius 2 is 2.10 bits per heavy atom. The van der Waals surface area contributed by atoms with Crippen LogP contribution >= 0.6 is 11.3 Å². The summed E-state index contributed by atoms with van der Waals surface area (Å²) >= 11 is 1.20. The van der Waals surface area contributed by atoms with Crippen LogP contribution in [0.5, 0.6) is 0 Å². The summed E-state index contributed by atoms with van der Waals surface area (Å²) in [4.78, 5) is 23.0. The number of aromatic carboxylic acids is 1. The Labute approximate surface area is 122 Å². The number of hydrogen-bond acceptors (Lipinski definition) is 5. The highest BCUT2D eigenvalue weighted by atomic mass is 32.1. The minimum atomic E-state index is -0.908. The van der Waals surface area contributed by atoms with Crippen molar-refractivity contribution in [2.45, 2.75) is 39.7 Å². The van der Waals surface area contributed by atoms with Crippen LogP contribution in [0, 0.1) is 6.92 Å². The number of aromatic nitrogens is 2. The maximum atomic E-state index is 11.3. The van der Waals surface area contributed by atoms with E-state index in [4.69, 9.17) is 0 Å². The highest BCUT2D eigenvalue weighted by Crippen LogP contribution is 2.36. The molecule has 0 unspecified atom stereocenters. The maximum Gasteiger partial charge on any atom is 0.346 e. The Morgan fingerprint density at radius 3 is 2.65 bits per heavy atom. The van der Waals surface area contributed by atoms with Crippen molar-refractivity contribution < 1.29 is 9.90 Å². The number of nitrogens with zero attached hydrogens (tertiary/aromatic N) is 3. The van der Waals surface area contributed by atoms with Crippen LogP contribution in [-0.4, -0.2) is 33.6 Å². The summed E-state index contributed by atoms with van der Waals surface area (Å²) in [5, 5.41) is 10.1. The second-order valence-electron chi connectivity index (χ2n) is 5.46. The van der Waals surface area contributed by atoms with Gasteiger partial charge in [0.2, 0.25) is 0 Å². The molecular weight excluding hydrogens is 274 g/mol. The smallest absolute Gasteiger partial charge is 0.346 e. The zero-order valence-electron chi connectivity index (χ0n) is 12.4. The Balaban J connectivity index is 2.69. The largest absolute Gasteiger partial charge is 0.477 e. The normalized spacial score (nSPS) is 11.8. The van der Waals surface area contributed by atoms with Gasteiger partial charge in [-0.3, -0.25) is 0 Å². The third-order valence-corrected chi connectivity index (χ3v) is 5.18. The number of aryl methyl sites for hydroxylation is 1. The molecule has 0 spiro atoms. The van der Waals surface area contributed by atoms with Crippen LogP contribution in [0.4, 0.5) is 5.82 Å². The van der Waals surface area contributed by atoms with E-state index in [1.54, 1.807) is 0 Å². The van der Waals surface area contributed by atoms with Crippen molar-refractivity contribution >= 4 is 33.3 Å². The van der Waals surface area contributed by atoms with Gasteiger partial charge in [0.05, 0.1) is 5.39 Å². The average Bonchev–Trinajstić information content (AvgIpc) is 2.75. The van der Waals surface area contributed by atoms with Gasteiger partial charge in [-0.1, -0.05) is 6.92 Å². The first-order chi connectivity index (χ1) is 9.29. The number of rotatable bonds is 4. The van der Waals surface area contributed by atoms with Gasteiger partial charge in [0.25, 0.3) is 0 Å². The van der Waals surface area contributed by atoms with Crippen molar-refractivity contribution in [1.29, 1.82) is 0 Å². The van der Waals surface area contributed by atoms with Crippen LogP contribution in [-0.2, 0) is 0 Å². The number of fused-ring (bicyclic) bond motifs is 1. The lowest BCUT2D eigenvalue weighted by Gasteiger charge is -2.36. The third-order valence-electron chi connectivity index (χ3n) is 3.99. The van der Waals surface area contributed by atoms with Crippen molar-refractivity contribution in [1.82, 2.24) is 9.97 Å². The molecule has 5 nitrogen and oxygen atoms in total. The highest BCUT2D eigenvalue weighted by Gasteiger charge is 2.27. The fraction of sp³-hybridized carbons (Fsp3) is 0.500. The number of carboxylic acids is 1. The molecule has 1 N–H and O–H groups in total. The van der Waals surface area contributed by atoms with Crippen LogP contribution in [0.25, 0.3) is 10.2 Å². The van der Waals surface area contributed by atoms with Gasteiger partial charge in [0.15, 0.2) is 0 Å². The molecule has 0 aromatic carbocycles. The van der Waals surface area contributed by atoms with E-state index in [9.17, 15) is 9.90 Å². The molecular formula is C14H19N3O2S. The lowest BCUT2D eigenvalue weighted by atomic mass is 9.99. The van der Waals surface area contributed by atoms with Crippen molar-refractivity contribution in [2.75, 3.05) is 11.9 Å². The molecule has 0 aliphatic carbocycles. The first-order valence-corrected chi connectivity index (χ1v) is 7.32. The molecule has 2 aromatic rings. The third kappa shape index (κ3) is 2.24. The predicted octanol–water partition coefficient (Wildman–Crippen LogP) is 3.32. The molecule has 0 aliphatic heterocycles. The van der Waals surface area contributed by atoms with Crippen LogP contribution in [0.15, 0.2) is 6.33 Å². The Morgan fingerprint density at radius 1 is 1.45 bits per heavy atom. The fourth-order valence-corrected chi connectivity index (χ4v) is 3.02. The molecule has 2 aromatic heterocycles. The average molecular weight is 293 g/mol. The second kappa shape index (κ2) is 5.01. The molecule has 0 saturated heterocycles. The summed E-state index contributed by atoms with van der Waals surface area (Å²) in [6, 6.07) is 0. The molecule has 0 saturated carbocycles. The second-order valence-corrected chi connectivity index (χ2v) is 6.46. The molecule has 2 heterocycles. The van der Waals surface area contributed by atoms with Gasteiger partial charge >= 0.3 is 5.97 Å². The maximum absolute atomic E-state index is 11.3. The SMILES string of the molecule is CCC(C)(C)N(C)c1ncnc2sc(C(=O)O)c(C)c12. The number of carboxylic acid groups (broad SMARTS) is 1. The van der Waals surface area contributed by atoms with Gasteiger partial charge in [-0.05, 0) is 32.8 Å². The number of anilines is 1. The van der Waals surface area contributed by atoms with Gasteiger partial charge in [0.1, 0.15) is 21.9 Å². The topological polar surface area (TPSA) is 66.3 Å². The highest BCUT2D eigenvalue weighted by molar-refractivity contribution is 7.20. The number of hydrogen-bond donors (Lipinski definition) is 1. The number of thiophene rings is 1. The Kier molecular flexibility index (Phi) is 3.69. The van der Waals surface area contributed by atoms with E-state index >= 15 is 0 Å². The van der Waals surface area contributed by atoms with Gasteiger partial charge in [-0.15, -0.1) is 11.3 Å². The summed E-state index contributed by atoms with van der Waals surface area (Å²) in [5.41, 5.74) is 0.686. The van der Waals surface area contributed by atoms with E-state index in [1.807, 2.05) is 14.0 Å². The Hall–Kier alpha value is -1.69. The summed E-state index contributed by atoms with van der Waals surface area (Å²) < 4.78 is 0. The van der Waals surface area contributed by atoms with Gasteiger partial charge in [-0.25, -0.2) is 14.8 Å². The quantitative estimate of drug-likeness (QED) is 0.936. The van der Waals surface area contributed by atoms with Gasteiger partial charge in [-0.2, -0.15) is 0 Å². The van der Waals surface area contributed by atoms with E-state index in [0.717, 1.165) is 28.0 Å². The molecule has 0 amide bonds. The van der Waals surface area contributed by atoms with E-state index in [1.165, 1.54) is 17.7 Å². The molecule has 0 fully saturated rings. The van der Waals surface area contributed by atoms with E-state index in [2.05, 4.69) is 35.6 Å². The molecule has 6 heteroatoms. The molecule has 0 atom stereocenters. The standard InChI is InChI=1S/C14H19N3O2S/c1-6-14(3,4)17(5)11-9-8(2)10(13(18)19)20-12(9)16-7-15-11/h7H,6H2,1-5H3,(H,18,19). The van der Waals surface area contributed by atoms with Crippen LogP contribution in [0.2, 0.25) is 0 Å². The Bertz CT molecular complexity index is 664. The molecule has 2 rings (SSSR count). The van der Waals surface area contributed by atoms with Crippen molar-refractivity contribution in [3.05, 3.63) is 16.8 Å². The zero-order chi connectivity index (χ0) is 15.1. The van der Waals surface area contributed by atoms with Crippen LogP contribution in [0.1, 0.15) is 42.4 Å². The molecule has 108 valence electrons. The summed E-state index contributed by atoms with van der Waals surface area (Å²) in [5.74, 6) is -0.114. The molecule has 0 bridgehead atoms. The van der Waals surface area contributed by atoms with E-state index in [0.29, 0.717) is 4.88 Å². The van der Waals surface area contributed by atoms with Crippen molar-refractivity contribution in [3.63, 3.8) is 0 Å². The monoisotopic (exact) mass is 293 g/mol. The lowest BCUT2D eigenvalue weighted by molar-refractivity contribution is 0.0701. The summed E-state index contributed by atoms with van der Waals surface area (Å²) in [6.45, 7) is 8.22.